The number of fused-ring (bicyclic) bond motifs is 1. The number of benzene rings is 2. The number of carboxylic acid groups (broad SMARTS) is 1. The van der Waals surface area contributed by atoms with E-state index >= 15 is 0 Å². The number of aromatic nitrogens is 2. The molecule has 0 amide bonds. The molecule has 2 aromatic carbocycles. The second-order valence-corrected chi connectivity index (χ2v) is 6.51. The SMILES string of the molecule is CC(=O)c1cccc(-n2c(=O)c3ccc(Cl)cc3n(C(C)C(=O)O)c2=O)c1. The van der Waals surface area contributed by atoms with E-state index in [0.29, 0.717) is 5.56 Å². The number of halogens is 1. The van der Waals surface area contributed by atoms with Crippen LogP contribution < -0.4 is 11.2 Å². The highest BCUT2D eigenvalue weighted by Crippen LogP contribution is 2.19. The molecule has 138 valence electrons. The summed E-state index contributed by atoms with van der Waals surface area (Å²) in [6.07, 6.45) is 0. The maximum absolute atomic E-state index is 13.1. The zero-order chi connectivity index (χ0) is 19.9. The van der Waals surface area contributed by atoms with Gasteiger partial charge in [-0.1, -0.05) is 23.7 Å². The van der Waals surface area contributed by atoms with Crippen LogP contribution in [0.2, 0.25) is 5.02 Å². The first-order valence-electron chi connectivity index (χ1n) is 8.03. The van der Waals surface area contributed by atoms with Crippen LogP contribution in [0, 0.1) is 0 Å². The molecule has 0 spiro atoms. The number of hydrogen-bond donors (Lipinski definition) is 1. The highest BCUT2D eigenvalue weighted by atomic mass is 35.5. The van der Waals surface area contributed by atoms with Gasteiger partial charge in [-0.25, -0.2) is 14.2 Å². The van der Waals surface area contributed by atoms with Gasteiger partial charge in [0, 0.05) is 10.6 Å². The zero-order valence-electron chi connectivity index (χ0n) is 14.5. The smallest absolute Gasteiger partial charge is 0.336 e. The van der Waals surface area contributed by atoms with E-state index in [9.17, 15) is 24.3 Å². The van der Waals surface area contributed by atoms with Crippen LogP contribution in [0.15, 0.2) is 52.1 Å². The minimum atomic E-state index is -1.24. The summed E-state index contributed by atoms with van der Waals surface area (Å²) in [6.45, 7) is 2.71. The van der Waals surface area contributed by atoms with Gasteiger partial charge in [0.15, 0.2) is 5.78 Å². The van der Waals surface area contributed by atoms with E-state index in [4.69, 9.17) is 11.6 Å². The van der Waals surface area contributed by atoms with Crippen LogP contribution in [-0.2, 0) is 4.79 Å². The molecule has 0 radical (unpaired) electrons. The van der Waals surface area contributed by atoms with Crippen molar-refractivity contribution in [3.63, 3.8) is 0 Å². The highest BCUT2D eigenvalue weighted by molar-refractivity contribution is 6.31. The number of ketones is 1. The Morgan fingerprint density at radius 1 is 1.11 bits per heavy atom. The number of aliphatic carboxylic acids is 1. The summed E-state index contributed by atoms with van der Waals surface area (Å²) >= 11 is 5.98. The molecule has 7 nitrogen and oxygen atoms in total. The Bertz CT molecular complexity index is 1210. The van der Waals surface area contributed by atoms with Crippen molar-refractivity contribution in [2.75, 3.05) is 0 Å². The average Bonchev–Trinajstić information content (AvgIpc) is 2.61. The topological polar surface area (TPSA) is 98.4 Å². The number of hydrogen-bond acceptors (Lipinski definition) is 4. The maximum Gasteiger partial charge on any atom is 0.336 e. The van der Waals surface area contributed by atoms with E-state index in [1.807, 2.05) is 0 Å². The Kier molecular flexibility index (Phi) is 4.72. The van der Waals surface area contributed by atoms with Crippen LogP contribution in [0.25, 0.3) is 16.6 Å². The van der Waals surface area contributed by atoms with Crippen LogP contribution >= 0.6 is 11.6 Å². The summed E-state index contributed by atoms with van der Waals surface area (Å²) in [5.41, 5.74) is -0.813. The molecule has 1 atom stereocenters. The van der Waals surface area contributed by atoms with Gasteiger partial charge in [-0.3, -0.25) is 14.2 Å². The first kappa shape index (κ1) is 18.6. The van der Waals surface area contributed by atoms with Gasteiger partial charge in [-0.15, -0.1) is 0 Å². The van der Waals surface area contributed by atoms with Crippen molar-refractivity contribution in [3.05, 3.63) is 73.9 Å². The summed E-state index contributed by atoms with van der Waals surface area (Å²) in [7, 11) is 0. The van der Waals surface area contributed by atoms with Crippen molar-refractivity contribution >= 4 is 34.3 Å². The fourth-order valence-electron chi connectivity index (χ4n) is 2.88. The van der Waals surface area contributed by atoms with Gasteiger partial charge < -0.3 is 5.11 Å². The molecule has 8 heteroatoms. The summed E-state index contributed by atoms with van der Waals surface area (Å²) < 4.78 is 1.87. The molecular formula is C19H15ClN2O5. The maximum atomic E-state index is 13.1. The highest BCUT2D eigenvalue weighted by Gasteiger charge is 2.22. The van der Waals surface area contributed by atoms with Gasteiger partial charge in [-0.05, 0) is 44.2 Å². The number of Topliss-reactive ketones (excluding diaryl/α,β-unsaturated/α-hetero) is 1. The van der Waals surface area contributed by atoms with Gasteiger partial charge >= 0.3 is 11.7 Å². The molecule has 0 fully saturated rings. The Labute approximate surface area is 158 Å². The van der Waals surface area contributed by atoms with Crippen LogP contribution in [0.1, 0.15) is 30.2 Å². The number of nitrogens with zero attached hydrogens (tertiary/aromatic N) is 2. The molecule has 0 bridgehead atoms. The Balaban J connectivity index is 2.48. The first-order chi connectivity index (χ1) is 12.7. The molecule has 27 heavy (non-hydrogen) atoms. The monoisotopic (exact) mass is 386 g/mol. The predicted octanol–water partition coefficient (Wildman–Crippen LogP) is 2.65. The van der Waals surface area contributed by atoms with Crippen molar-refractivity contribution in [2.45, 2.75) is 19.9 Å². The summed E-state index contributed by atoms with van der Waals surface area (Å²) in [6, 6.07) is 9.12. The van der Waals surface area contributed by atoms with Crippen molar-refractivity contribution in [2.24, 2.45) is 0 Å². The van der Waals surface area contributed by atoms with Crippen molar-refractivity contribution in [1.82, 2.24) is 9.13 Å². The van der Waals surface area contributed by atoms with Gasteiger partial charge in [0.25, 0.3) is 5.56 Å². The molecule has 0 saturated heterocycles. The third-order valence-corrected chi connectivity index (χ3v) is 4.54. The third kappa shape index (κ3) is 3.17. The Morgan fingerprint density at radius 3 is 2.44 bits per heavy atom. The Hall–Kier alpha value is -3.19. The first-order valence-corrected chi connectivity index (χ1v) is 8.41. The number of rotatable bonds is 4. The van der Waals surface area contributed by atoms with E-state index in [2.05, 4.69) is 0 Å². The predicted molar refractivity (Wildman–Crippen MR) is 101 cm³/mol. The molecule has 0 aliphatic rings. The van der Waals surface area contributed by atoms with Gasteiger partial charge in [0.2, 0.25) is 0 Å². The molecule has 0 saturated carbocycles. The number of carbonyl (C=O) groups is 2. The second kappa shape index (κ2) is 6.85. The fourth-order valence-corrected chi connectivity index (χ4v) is 3.05. The number of carboxylic acids is 1. The number of carbonyl (C=O) groups excluding carboxylic acids is 1. The lowest BCUT2D eigenvalue weighted by Crippen LogP contribution is -2.41. The van der Waals surface area contributed by atoms with Crippen LogP contribution in [0.3, 0.4) is 0 Å². The fraction of sp³-hybridized carbons (Fsp3) is 0.158. The zero-order valence-corrected chi connectivity index (χ0v) is 15.2. The molecule has 1 heterocycles. The molecule has 3 rings (SSSR count). The van der Waals surface area contributed by atoms with E-state index in [-0.39, 0.29) is 27.4 Å². The molecule has 3 aromatic rings. The van der Waals surface area contributed by atoms with Crippen molar-refractivity contribution in [1.29, 1.82) is 0 Å². The summed E-state index contributed by atoms with van der Waals surface area (Å²) in [5, 5.41) is 9.82. The molecule has 0 aliphatic heterocycles. The molecule has 1 aromatic heterocycles. The largest absolute Gasteiger partial charge is 0.480 e. The van der Waals surface area contributed by atoms with Crippen LogP contribution in [-0.4, -0.2) is 26.0 Å². The lowest BCUT2D eigenvalue weighted by atomic mass is 10.1. The molecule has 1 N–H and O–H groups in total. The molecule has 0 aliphatic carbocycles. The molecular weight excluding hydrogens is 372 g/mol. The van der Waals surface area contributed by atoms with Gasteiger partial charge in [-0.2, -0.15) is 0 Å². The lowest BCUT2D eigenvalue weighted by Gasteiger charge is -2.17. The van der Waals surface area contributed by atoms with Crippen molar-refractivity contribution < 1.29 is 14.7 Å². The minimum Gasteiger partial charge on any atom is -0.480 e. The minimum absolute atomic E-state index is 0.131. The lowest BCUT2D eigenvalue weighted by molar-refractivity contribution is -0.140. The second-order valence-electron chi connectivity index (χ2n) is 6.08. The Morgan fingerprint density at radius 2 is 1.81 bits per heavy atom. The van der Waals surface area contributed by atoms with Gasteiger partial charge in [0.1, 0.15) is 6.04 Å². The normalized spacial score (nSPS) is 12.1. The van der Waals surface area contributed by atoms with E-state index in [0.717, 1.165) is 9.13 Å². The van der Waals surface area contributed by atoms with Gasteiger partial charge in [0.05, 0.1) is 16.6 Å². The van der Waals surface area contributed by atoms with E-state index in [1.165, 1.54) is 44.2 Å². The summed E-state index contributed by atoms with van der Waals surface area (Å²) in [4.78, 5) is 49.2. The molecule has 1 unspecified atom stereocenters. The van der Waals surface area contributed by atoms with Crippen LogP contribution in [0.4, 0.5) is 0 Å². The summed E-state index contributed by atoms with van der Waals surface area (Å²) in [5.74, 6) is -1.46. The van der Waals surface area contributed by atoms with Crippen LogP contribution in [0.5, 0.6) is 0 Å². The average molecular weight is 387 g/mol. The van der Waals surface area contributed by atoms with E-state index in [1.54, 1.807) is 12.1 Å². The van der Waals surface area contributed by atoms with E-state index < -0.39 is 23.3 Å². The quantitative estimate of drug-likeness (QED) is 0.695. The standard InChI is InChI=1S/C19H15ClN2O5/c1-10(18(25)26)21-16-9-13(20)6-7-15(16)17(24)22(19(21)27)14-5-3-4-12(8-14)11(2)23/h3-10H,1-2H3,(H,25,26). The van der Waals surface area contributed by atoms with Crippen molar-refractivity contribution in [3.8, 4) is 5.69 Å². The third-order valence-electron chi connectivity index (χ3n) is 4.31.